The maximum absolute atomic E-state index is 11.7. The van der Waals surface area contributed by atoms with E-state index in [1.165, 1.54) is 93.6 Å². The van der Waals surface area contributed by atoms with Crippen LogP contribution in [0.1, 0.15) is 102 Å². The van der Waals surface area contributed by atoms with E-state index in [0.29, 0.717) is 11.1 Å². The van der Waals surface area contributed by atoms with E-state index in [2.05, 4.69) is 37.4 Å². The highest BCUT2D eigenvalue weighted by molar-refractivity contribution is 5.89. The molecule has 8 aliphatic rings. The molecule has 8 aliphatic carbocycles. The molecule has 58 heavy (non-hydrogen) atoms. The van der Waals surface area contributed by atoms with Crippen molar-refractivity contribution in [3.8, 4) is 11.5 Å². The number of carbonyl (C=O) groups excluding carboxylic acids is 2. The summed E-state index contributed by atoms with van der Waals surface area (Å²) >= 11 is 0. The SMILES string of the molecule is C=C(C)C(=O)OCCOCC(O)COc1cc2cc(OCC(O)COCCOC(=O)C(=C)C)c(C34CC5CC(CC(C5)C3)C4)cc2cc1C12CC3CC(CC(C3)C1)C2. The largest absolute Gasteiger partial charge is 0.490 e. The quantitative estimate of drug-likeness (QED) is 0.0788. The van der Waals surface area contributed by atoms with E-state index < -0.39 is 24.1 Å². The topological polar surface area (TPSA) is 130 Å². The van der Waals surface area contributed by atoms with Crippen LogP contribution in [0.4, 0.5) is 0 Å². The highest BCUT2D eigenvalue weighted by Crippen LogP contribution is 2.64. The molecule has 0 aliphatic heterocycles. The first kappa shape index (κ1) is 41.3. The summed E-state index contributed by atoms with van der Waals surface area (Å²) in [5.41, 5.74) is 3.36. The zero-order chi connectivity index (χ0) is 40.6. The van der Waals surface area contributed by atoms with Crippen molar-refractivity contribution in [1.29, 1.82) is 0 Å². The number of hydrogen-bond donors (Lipinski definition) is 2. The average molecular weight is 801 g/mol. The van der Waals surface area contributed by atoms with E-state index in [-0.39, 0.29) is 63.7 Å². The molecule has 8 saturated carbocycles. The van der Waals surface area contributed by atoms with Crippen LogP contribution in [0.2, 0.25) is 0 Å². The van der Waals surface area contributed by atoms with Crippen LogP contribution in [0.5, 0.6) is 11.5 Å². The lowest BCUT2D eigenvalue weighted by Gasteiger charge is -2.57. The van der Waals surface area contributed by atoms with Gasteiger partial charge in [0, 0.05) is 22.3 Å². The molecular formula is C48H64O10. The van der Waals surface area contributed by atoms with Crippen molar-refractivity contribution in [3.63, 3.8) is 0 Å². The van der Waals surface area contributed by atoms with Crippen molar-refractivity contribution < 1.29 is 48.2 Å². The molecule has 316 valence electrons. The molecule has 10 heteroatoms. The number of benzene rings is 2. The monoisotopic (exact) mass is 800 g/mol. The summed E-state index contributed by atoms with van der Waals surface area (Å²) in [5, 5.41) is 24.2. The molecule has 0 saturated heterocycles. The number of ether oxygens (including phenoxy) is 6. The molecule has 8 fully saturated rings. The van der Waals surface area contributed by atoms with Gasteiger partial charge in [-0.1, -0.05) is 13.2 Å². The molecule has 2 unspecified atom stereocenters. The van der Waals surface area contributed by atoms with E-state index in [9.17, 15) is 19.8 Å². The molecule has 2 N–H and O–H groups in total. The number of aliphatic hydroxyl groups excluding tert-OH is 2. The Hall–Kier alpha value is -3.44. The van der Waals surface area contributed by atoms with E-state index in [1.54, 1.807) is 13.8 Å². The third-order valence-corrected chi connectivity index (χ3v) is 14.4. The number of hydrogen-bond acceptors (Lipinski definition) is 10. The molecule has 2 aromatic carbocycles. The van der Waals surface area contributed by atoms with Crippen molar-refractivity contribution in [2.45, 2.75) is 114 Å². The van der Waals surface area contributed by atoms with Gasteiger partial charge >= 0.3 is 11.9 Å². The van der Waals surface area contributed by atoms with Gasteiger partial charge in [-0.05, 0) is 172 Å². The van der Waals surface area contributed by atoms with Gasteiger partial charge in [0.15, 0.2) is 0 Å². The average Bonchev–Trinajstić information content (AvgIpc) is 3.17. The van der Waals surface area contributed by atoms with Gasteiger partial charge in [0.05, 0.1) is 26.4 Å². The van der Waals surface area contributed by atoms with Gasteiger partial charge in [-0.15, -0.1) is 0 Å². The molecule has 8 bridgehead atoms. The molecule has 10 rings (SSSR count). The molecular weight excluding hydrogens is 737 g/mol. The molecule has 2 atom stereocenters. The second-order valence-electron chi connectivity index (χ2n) is 19.4. The summed E-state index contributed by atoms with van der Waals surface area (Å²) in [4.78, 5) is 23.4. The van der Waals surface area contributed by atoms with Crippen LogP contribution in [0.3, 0.4) is 0 Å². The van der Waals surface area contributed by atoms with Gasteiger partial charge in [-0.25, -0.2) is 9.59 Å². The zero-order valence-electron chi connectivity index (χ0n) is 34.6. The van der Waals surface area contributed by atoms with Crippen molar-refractivity contribution in [1.82, 2.24) is 0 Å². The Morgan fingerprint density at radius 3 is 1.22 bits per heavy atom. The van der Waals surface area contributed by atoms with Crippen molar-refractivity contribution in [3.05, 3.63) is 59.7 Å². The van der Waals surface area contributed by atoms with Crippen LogP contribution in [-0.4, -0.2) is 87.2 Å². The molecule has 0 aromatic heterocycles. The number of fused-ring (bicyclic) bond motifs is 1. The second-order valence-corrected chi connectivity index (χ2v) is 19.4. The minimum Gasteiger partial charge on any atom is -0.490 e. The fourth-order valence-electron chi connectivity index (χ4n) is 12.8. The normalized spacial score (nSPS) is 31.2. The van der Waals surface area contributed by atoms with Gasteiger partial charge in [0.2, 0.25) is 0 Å². The van der Waals surface area contributed by atoms with Gasteiger partial charge in [-0.2, -0.15) is 0 Å². The van der Waals surface area contributed by atoms with Crippen LogP contribution in [0.15, 0.2) is 48.6 Å². The summed E-state index contributed by atoms with van der Waals surface area (Å²) in [6, 6.07) is 9.17. The van der Waals surface area contributed by atoms with Crippen LogP contribution in [-0.2, 0) is 39.4 Å². The van der Waals surface area contributed by atoms with Crippen molar-refractivity contribution in [2.24, 2.45) is 35.5 Å². The van der Waals surface area contributed by atoms with E-state index in [1.807, 2.05) is 0 Å². The summed E-state index contributed by atoms with van der Waals surface area (Å²) in [6.45, 7) is 11.2. The number of esters is 2. The van der Waals surface area contributed by atoms with E-state index >= 15 is 0 Å². The Labute approximate surface area is 343 Å². The zero-order valence-corrected chi connectivity index (χ0v) is 34.6. The van der Waals surface area contributed by atoms with Crippen LogP contribution in [0, 0.1) is 35.5 Å². The second kappa shape index (κ2) is 17.3. The lowest BCUT2D eigenvalue weighted by Crippen LogP contribution is -2.49. The predicted octanol–water partition coefficient (Wildman–Crippen LogP) is 7.53. The molecule has 0 spiro atoms. The van der Waals surface area contributed by atoms with Gasteiger partial charge < -0.3 is 38.6 Å². The maximum atomic E-state index is 11.7. The Morgan fingerprint density at radius 2 is 0.897 bits per heavy atom. The first-order chi connectivity index (χ1) is 27.9. The number of rotatable bonds is 20. The predicted molar refractivity (Wildman–Crippen MR) is 220 cm³/mol. The third kappa shape index (κ3) is 9.01. The van der Waals surface area contributed by atoms with Gasteiger partial charge in [0.25, 0.3) is 0 Å². The van der Waals surface area contributed by atoms with Crippen molar-refractivity contribution in [2.75, 3.05) is 52.9 Å². The summed E-state index contributed by atoms with van der Waals surface area (Å²) in [5.74, 6) is 5.26. The van der Waals surface area contributed by atoms with E-state index in [4.69, 9.17) is 28.4 Å². The fourth-order valence-corrected chi connectivity index (χ4v) is 12.8. The lowest BCUT2D eigenvalue weighted by atomic mass is 9.47. The molecule has 10 nitrogen and oxygen atoms in total. The fraction of sp³-hybridized carbons (Fsp3) is 0.667. The lowest BCUT2D eigenvalue weighted by molar-refractivity contribution is -0.141. The minimum atomic E-state index is -0.865. The minimum absolute atomic E-state index is 0.0585. The first-order valence-electron chi connectivity index (χ1n) is 21.9. The van der Waals surface area contributed by atoms with Gasteiger partial charge in [-0.3, -0.25) is 0 Å². The van der Waals surface area contributed by atoms with Crippen LogP contribution < -0.4 is 9.47 Å². The molecule has 0 radical (unpaired) electrons. The molecule has 0 amide bonds. The van der Waals surface area contributed by atoms with Crippen LogP contribution >= 0.6 is 0 Å². The van der Waals surface area contributed by atoms with Crippen LogP contribution in [0.25, 0.3) is 10.8 Å². The van der Waals surface area contributed by atoms with Gasteiger partial charge in [0.1, 0.15) is 50.1 Å². The summed E-state index contributed by atoms with van der Waals surface area (Å²) < 4.78 is 34.8. The summed E-state index contributed by atoms with van der Waals surface area (Å²) in [6.07, 6.45) is 13.5. The Morgan fingerprint density at radius 1 is 0.569 bits per heavy atom. The Balaban J connectivity index is 1.05. The standard InChI is InChI=1S/C48H64O10/c1-29(2)45(51)55-7-5-53-25-39(49)27-57-43-17-38-18-44(58-28-40(50)26-54-6-8-56-46(52)30(3)4)42(48-22-34-12-35(23-48)14-36(13-34)24-48)16-37(38)15-41(43)47-19-31-9-32(20-47)11-33(10-31)21-47/h15-18,31-36,39-40,49-50H,1,3,5-14,19-28H2,2,4H3. The van der Waals surface area contributed by atoms with Crippen molar-refractivity contribution >= 4 is 22.7 Å². The maximum Gasteiger partial charge on any atom is 0.333 e. The molecule has 2 aromatic rings. The number of carbonyl (C=O) groups is 2. The smallest absolute Gasteiger partial charge is 0.333 e. The summed E-state index contributed by atoms with van der Waals surface area (Å²) in [7, 11) is 0. The highest BCUT2D eigenvalue weighted by atomic mass is 16.6. The molecule has 0 heterocycles. The third-order valence-electron chi connectivity index (χ3n) is 14.4. The Bertz CT molecular complexity index is 1660. The first-order valence-corrected chi connectivity index (χ1v) is 21.9. The highest BCUT2D eigenvalue weighted by Gasteiger charge is 2.54. The number of aliphatic hydroxyl groups is 2. The Kier molecular flexibility index (Phi) is 12.3. The van der Waals surface area contributed by atoms with E-state index in [0.717, 1.165) is 52.4 Å².